The van der Waals surface area contributed by atoms with Gasteiger partial charge in [0.1, 0.15) is 0 Å². The van der Waals surface area contributed by atoms with Crippen LogP contribution >= 0.6 is 11.3 Å². The van der Waals surface area contributed by atoms with Gasteiger partial charge in [0.05, 0.1) is 5.69 Å². The summed E-state index contributed by atoms with van der Waals surface area (Å²) in [6, 6.07) is 0. The number of nitrogens with zero attached hydrogens (tertiary/aromatic N) is 2. The number of hydrogen-bond acceptors (Lipinski definition) is 4. The number of anilines is 1. The highest BCUT2D eigenvalue weighted by atomic mass is 32.1. The van der Waals surface area contributed by atoms with Gasteiger partial charge < -0.3 is 10.2 Å². The van der Waals surface area contributed by atoms with Crippen LogP contribution in [0.3, 0.4) is 0 Å². The van der Waals surface area contributed by atoms with Crippen LogP contribution in [0.1, 0.15) is 45.7 Å². The van der Waals surface area contributed by atoms with Gasteiger partial charge in [0.25, 0.3) is 0 Å². The summed E-state index contributed by atoms with van der Waals surface area (Å²) >= 11 is 1.79. The monoisotopic (exact) mass is 281 g/mol. The normalized spacial score (nSPS) is 21.5. The van der Waals surface area contributed by atoms with Crippen molar-refractivity contribution in [2.45, 2.75) is 46.6 Å². The molecule has 19 heavy (non-hydrogen) atoms. The fourth-order valence-corrected chi connectivity index (χ4v) is 3.74. The Labute approximate surface area is 121 Å². The molecule has 1 fully saturated rings. The molecule has 1 aliphatic heterocycles. The molecule has 1 atom stereocenters. The third kappa shape index (κ3) is 3.93. The molecule has 1 saturated heterocycles. The highest BCUT2D eigenvalue weighted by Crippen LogP contribution is 2.35. The predicted octanol–water partition coefficient (Wildman–Crippen LogP) is 3.52. The van der Waals surface area contributed by atoms with Gasteiger partial charge in [-0.1, -0.05) is 20.8 Å². The van der Waals surface area contributed by atoms with Gasteiger partial charge in [-0.25, -0.2) is 4.98 Å². The van der Waals surface area contributed by atoms with Crippen molar-refractivity contribution in [3.05, 3.63) is 11.1 Å². The highest BCUT2D eigenvalue weighted by molar-refractivity contribution is 7.13. The summed E-state index contributed by atoms with van der Waals surface area (Å²) < 4.78 is 0. The Morgan fingerprint density at radius 3 is 2.84 bits per heavy atom. The molecule has 1 N–H and O–H groups in total. The van der Waals surface area contributed by atoms with Crippen LogP contribution in [-0.2, 0) is 6.54 Å². The number of hydrogen-bond donors (Lipinski definition) is 1. The number of thiazole rings is 1. The standard InChI is InChI=1S/C15H27N3S/c1-15(2,3)12-6-5-8-18(9-7-12)14-17-13(10-16-4)11-19-14/h11-12,16H,5-10H2,1-4H3. The summed E-state index contributed by atoms with van der Waals surface area (Å²) in [4.78, 5) is 7.22. The zero-order chi connectivity index (χ0) is 13.9. The van der Waals surface area contributed by atoms with E-state index in [0.717, 1.165) is 19.0 Å². The fourth-order valence-electron chi connectivity index (χ4n) is 2.86. The quantitative estimate of drug-likeness (QED) is 0.919. The second-order valence-corrected chi connectivity index (χ2v) is 7.47. The topological polar surface area (TPSA) is 28.2 Å². The largest absolute Gasteiger partial charge is 0.348 e. The molecule has 1 unspecified atom stereocenters. The van der Waals surface area contributed by atoms with Gasteiger partial charge in [0.15, 0.2) is 5.13 Å². The zero-order valence-corrected chi connectivity index (χ0v) is 13.5. The molecular formula is C15H27N3S. The van der Waals surface area contributed by atoms with Gasteiger partial charge in [-0.3, -0.25) is 0 Å². The van der Waals surface area contributed by atoms with E-state index in [1.807, 2.05) is 7.05 Å². The van der Waals surface area contributed by atoms with Crippen LogP contribution in [0.15, 0.2) is 5.38 Å². The number of rotatable bonds is 3. The summed E-state index contributed by atoms with van der Waals surface area (Å²) in [5.41, 5.74) is 1.61. The van der Waals surface area contributed by atoms with Crippen LogP contribution in [0.4, 0.5) is 5.13 Å². The van der Waals surface area contributed by atoms with E-state index in [1.54, 1.807) is 11.3 Å². The molecule has 0 saturated carbocycles. The Kier molecular flexibility index (Phi) is 4.85. The van der Waals surface area contributed by atoms with E-state index >= 15 is 0 Å². The second kappa shape index (κ2) is 6.23. The first-order chi connectivity index (χ1) is 9.00. The maximum absolute atomic E-state index is 4.73. The van der Waals surface area contributed by atoms with Crippen LogP contribution in [0.2, 0.25) is 0 Å². The van der Waals surface area contributed by atoms with E-state index in [-0.39, 0.29) is 0 Å². The summed E-state index contributed by atoms with van der Waals surface area (Å²) in [7, 11) is 1.97. The van der Waals surface area contributed by atoms with Crippen molar-refractivity contribution < 1.29 is 0 Å². The molecule has 0 radical (unpaired) electrons. The Hall–Kier alpha value is -0.610. The first-order valence-electron chi connectivity index (χ1n) is 7.34. The molecule has 2 rings (SSSR count). The van der Waals surface area contributed by atoms with Gasteiger partial charge in [0, 0.05) is 25.0 Å². The Morgan fingerprint density at radius 2 is 2.16 bits per heavy atom. The van der Waals surface area contributed by atoms with Crippen LogP contribution < -0.4 is 10.2 Å². The second-order valence-electron chi connectivity index (χ2n) is 6.63. The van der Waals surface area contributed by atoms with Gasteiger partial charge in [-0.05, 0) is 37.6 Å². The van der Waals surface area contributed by atoms with Crippen molar-refractivity contribution in [1.29, 1.82) is 0 Å². The van der Waals surface area contributed by atoms with Crippen molar-refractivity contribution in [3.8, 4) is 0 Å². The fraction of sp³-hybridized carbons (Fsp3) is 0.800. The van der Waals surface area contributed by atoms with Crippen molar-refractivity contribution in [1.82, 2.24) is 10.3 Å². The molecule has 0 amide bonds. The lowest BCUT2D eigenvalue weighted by molar-refractivity contribution is 0.220. The minimum Gasteiger partial charge on any atom is -0.348 e. The number of aromatic nitrogens is 1. The van der Waals surface area contributed by atoms with E-state index in [4.69, 9.17) is 4.98 Å². The third-order valence-electron chi connectivity index (χ3n) is 4.12. The maximum atomic E-state index is 4.73. The molecule has 0 aliphatic carbocycles. The maximum Gasteiger partial charge on any atom is 0.185 e. The Balaban J connectivity index is 1.98. The van der Waals surface area contributed by atoms with Crippen molar-refractivity contribution >= 4 is 16.5 Å². The van der Waals surface area contributed by atoms with Crippen LogP contribution in [0.25, 0.3) is 0 Å². The summed E-state index contributed by atoms with van der Waals surface area (Å²) in [5, 5.41) is 6.55. The average molecular weight is 281 g/mol. The average Bonchev–Trinajstić information content (AvgIpc) is 2.64. The Morgan fingerprint density at radius 1 is 1.37 bits per heavy atom. The van der Waals surface area contributed by atoms with Crippen molar-refractivity contribution in [3.63, 3.8) is 0 Å². The van der Waals surface area contributed by atoms with Crippen molar-refractivity contribution in [2.24, 2.45) is 11.3 Å². The molecule has 1 aromatic heterocycles. The lowest BCUT2D eigenvalue weighted by Gasteiger charge is -2.29. The molecule has 1 aromatic rings. The summed E-state index contributed by atoms with van der Waals surface area (Å²) in [6.45, 7) is 10.3. The van der Waals surface area contributed by atoms with Gasteiger partial charge in [-0.2, -0.15) is 0 Å². The first-order valence-corrected chi connectivity index (χ1v) is 8.22. The van der Waals surface area contributed by atoms with E-state index in [0.29, 0.717) is 5.41 Å². The first kappa shape index (κ1) is 14.8. The van der Waals surface area contributed by atoms with Gasteiger partial charge >= 0.3 is 0 Å². The molecule has 108 valence electrons. The highest BCUT2D eigenvalue weighted by Gasteiger charge is 2.27. The molecule has 2 heterocycles. The third-order valence-corrected chi connectivity index (χ3v) is 5.07. The van der Waals surface area contributed by atoms with E-state index in [1.165, 1.54) is 36.6 Å². The van der Waals surface area contributed by atoms with E-state index in [9.17, 15) is 0 Å². The van der Waals surface area contributed by atoms with Crippen molar-refractivity contribution in [2.75, 3.05) is 25.0 Å². The summed E-state index contributed by atoms with van der Waals surface area (Å²) in [5.74, 6) is 0.842. The van der Waals surface area contributed by atoms with E-state index < -0.39 is 0 Å². The molecule has 3 nitrogen and oxygen atoms in total. The lowest BCUT2D eigenvalue weighted by atomic mass is 9.77. The Bertz CT molecular complexity index is 394. The van der Waals surface area contributed by atoms with Gasteiger partial charge in [0.2, 0.25) is 0 Å². The molecular weight excluding hydrogens is 254 g/mol. The minimum absolute atomic E-state index is 0.441. The van der Waals surface area contributed by atoms with Crippen LogP contribution in [-0.4, -0.2) is 25.1 Å². The van der Waals surface area contributed by atoms with Gasteiger partial charge in [-0.15, -0.1) is 11.3 Å². The molecule has 0 aromatic carbocycles. The minimum atomic E-state index is 0.441. The summed E-state index contributed by atoms with van der Waals surface area (Å²) in [6.07, 6.45) is 3.95. The number of nitrogens with one attached hydrogen (secondary N) is 1. The molecule has 1 aliphatic rings. The SMILES string of the molecule is CNCc1csc(N2CCCC(C(C)(C)C)CC2)n1. The zero-order valence-electron chi connectivity index (χ0n) is 12.7. The predicted molar refractivity (Wildman–Crippen MR) is 83.9 cm³/mol. The van der Waals surface area contributed by atoms with Crippen LogP contribution in [0.5, 0.6) is 0 Å². The van der Waals surface area contributed by atoms with E-state index in [2.05, 4.69) is 36.4 Å². The molecule has 4 heteroatoms. The van der Waals surface area contributed by atoms with Crippen LogP contribution in [0, 0.1) is 11.3 Å². The molecule has 0 bridgehead atoms. The lowest BCUT2D eigenvalue weighted by Crippen LogP contribution is -2.26. The molecule has 0 spiro atoms. The smallest absolute Gasteiger partial charge is 0.185 e.